The normalized spacial score (nSPS) is 11.4. The first kappa shape index (κ1) is 18.9. The number of aromatic amines is 2. The zero-order chi connectivity index (χ0) is 20.2. The van der Waals surface area contributed by atoms with E-state index in [4.69, 9.17) is 4.74 Å². The number of nitrogens with zero attached hydrogens (tertiary/aromatic N) is 4. The van der Waals surface area contributed by atoms with Crippen LogP contribution in [-0.4, -0.2) is 36.3 Å². The molecule has 0 amide bonds. The molecule has 0 radical (unpaired) electrons. The lowest BCUT2D eigenvalue weighted by molar-refractivity contribution is 0.295. The lowest BCUT2D eigenvalue weighted by atomic mass is 10.1. The Morgan fingerprint density at radius 3 is 2.86 bits per heavy atom. The van der Waals surface area contributed by atoms with E-state index < -0.39 is 0 Å². The summed E-state index contributed by atoms with van der Waals surface area (Å²) in [4.78, 5) is 24.0. The van der Waals surface area contributed by atoms with E-state index in [9.17, 15) is 4.79 Å². The molecular weight excluding hydrogens is 368 g/mol. The minimum Gasteiger partial charge on any atom is -0.491 e. The summed E-state index contributed by atoms with van der Waals surface area (Å²) in [6, 6.07) is 7.81. The van der Waals surface area contributed by atoms with Crippen LogP contribution in [0.2, 0.25) is 0 Å². The topological polar surface area (TPSA) is 101 Å². The molecule has 3 aromatic heterocycles. The molecule has 4 aromatic rings. The summed E-state index contributed by atoms with van der Waals surface area (Å²) in [6.45, 7) is 5.48. The van der Waals surface area contributed by atoms with Gasteiger partial charge in [-0.05, 0) is 18.4 Å². The van der Waals surface area contributed by atoms with Crippen LogP contribution in [0.5, 0.6) is 5.75 Å². The first-order valence-corrected chi connectivity index (χ1v) is 9.72. The van der Waals surface area contributed by atoms with Gasteiger partial charge in [0.15, 0.2) is 5.52 Å². The smallest absolute Gasteiger partial charge is 0.279 e. The number of aromatic nitrogens is 6. The van der Waals surface area contributed by atoms with Gasteiger partial charge in [-0.3, -0.25) is 9.89 Å². The van der Waals surface area contributed by atoms with Crippen molar-refractivity contribution in [3.05, 3.63) is 70.4 Å². The highest BCUT2D eigenvalue weighted by Crippen LogP contribution is 2.21. The van der Waals surface area contributed by atoms with Crippen LogP contribution >= 0.6 is 0 Å². The summed E-state index contributed by atoms with van der Waals surface area (Å²) in [5.41, 5.74) is 2.64. The Morgan fingerprint density at radius 2 is 2.07 bits per heavy atom. The molecule has 0 aliphatic rings. The van der Waals surface area contributed by atoms with Crippen molar-refractivity contribution in [2.75, 3.05) is 6.61 Å². The van der Waals surface area contributed by atoms with Crippen molar-refractivity contribution in [1.82, 2.24) is 29.7 Å². The van der Waals surface area contributed by atoms with E-state index in [-0.39, 0.29) is 5.56 Å². The van der Waals surface area contributed by atoms with Gasteiger partial charge in [0.05, 0.1) is 18.6 Å². The van der Waals surface area contributed by atoms with E-state index >= 15 is 0 Å². The number of benzene rings is 1. The Labute approximate surface area is 168 Å². The van der Waals surface area contributed by atoms with Crippen molar-refractivity contribution in [2.24, 2.45) is 5.92 Å². The molecule has 0 aliphatic carbocycles. The number of nitrogens with one attached hydrogen (secondary N) is 2. The van der Waals surface area contributed by atoms with E-state index in [0.29, 0.717) is 42.3 Å². The Balaban J connectivity index is 1.55. The highest BCUT2D eigenvalue weighted by atomic mass is 16.5. The molecule has 1 aromatic carbocycles. The van der Waals surface area contributed by atoms with Gasteiger partial charge in [-0.1, -0.05) is 32.0 Å². The number of hydrogen-bond acceptors (Lipinski definition) is 5. The predicted molar refractivity (Wildman–Crippen MR) is 110 cm³/mol. The van der Waals surface area contributed by atoms with E-state index in [0.717, 1.165) is 23.4 Å². The van der Waals surface area contributed by atoms with Gasteiger partial charge in [-0.2, -0.15) is 5.10 Å². The fraction of sp³-hybridized carbons (Fsp3) is 0.333. The first-order valence-electron chi connectivity index (χ1n) is 9.72. The lowest BCUT2D eigenvalue weighted by Crippen LogP contribution is -2.13. The molecule has 150 valence electrons. The first-order chi connectivity index (χ1) is 14.1. The molecule has 0 saturated carbocycles. The van der Waals surface area contributed by atoms with Crippen molar-refractivity contribution in [3.8, 4) is 5.75 Å². The fourth-order valence-electron chi connectivity index (χ4n) is 3.29. The summed E-state index contributed by atoms with van der Waals surface area (Å²) < 4.78 is 7.94. The van der Waals surface area contributed by atoms with Crippen LogP contribution in [0, 0.1) is 5.92 Å². The number of para-hydroxylation sites is 1. The van der Waals surface area contributed by atoms with Crippen LogP contribution < -0.4 is 10.3 Å². The molecule has 8 nitrogen and oxygen atoms in total. The second kappa shape index (κ2) is 8.30. The van der Waals surface area contributed by atoms with Gasteiger partial charge in [0.1, 0.15) is 23.7 Å². The standard InChI is InChI=1S/C21H24N6O2/c1-14(2)11-16-19-20(26-25-16)21(28)24-18(23-19)12-15-5-3-4-6-17(15)29-10-9-27-8-7-22-13-27/h3-8,13-14H,9-12H2,1-2H3,(H,25,26)(H,23,24,28). The highest BCUT2D eigenvalue weighted by Gasteiger charge is 2.14. The minimum atomic E-state index is -0.227. The van der Waals surface area contributed by atoms with E-state index in [1.807, 2.05) is 35.0 Å². The molecule has 8 heteroatoms. The van der Waals surface area contributed by atoms with Crippen LogP contribution in [0.4, 0.5) is 0 Å². The molecule has 29 heavy (non-hydrogen) atoms. The summed E-state index contributed by atoms with van der Waals surface area (Å²) in [7, 11) is 0. The van der Waals surface area contributed by atoms with Gasteiger partial charge in [0, 0.05) is 24.4 Å². The molecule has 0 fully saturated rings. The van der Waals surface area contributed by atoms with Crippen molar-refractivity contribution in [1.29, 1.82) is 0 Å². The average Bonchev–Trinajstić information content (AvgIpc) is 3.34. The molecule has 0 atom stereocenters. The zero-order valence-electron chi connectivity index (χ0n) is 16.6. The summed E-state index contributed by atoms with van der Waals surface area (Å²) in [5.74, 6) is 1.82. The lowest BCUT2D eigenvalue weighted by Gasteiger charge is -2.11. The highest BCUT2D eigenvalue weighted by molar-refractivity contribution is 5.75. The largest absolute Gasteiger partial charge is 0.491 e. The van der Waals surface area contributed by atoms with Crippen LogP contribution in [-0.2, 0) is 19.4 Å². The number of fused-ring (bicyclic) bond motifs is 1. The third-order valence-corrected chi connectivity index (χ3v) is 4.64. The van der Waals surface area contributed by atoms with Crippen LogP contribution in [0.3, 0.4) is 0 Å². The quantitative estimate of drug-likeness (QED) is 0.480. The third-order valence-electron chi connectivity index (χ3n) is 4.64. The van der Waals surface area contributed by atoms with Crippen LogP contribution in [0.25, 0.3) is 11.0 Å². The van der Waals surface area contributed by atoms with Crippen molar-refractivity contribution in [2.45, 2.75) is 33.2 Å². The Bertz CT molecular complexity index is 1140. The number of ether oxygens (including phenoxy) is 1. The Morgan fingerprint density at radius 1 is 1.21 bits per heavy atom. The average molecular weight is 392 g/mol. The van der Waals surface area contributed by atoms with Gasteiger partial charge in [0.25, 0.3) is 5.56 Å². The number of imidazole rings is 1. The van der Waals surface area contributed by atoms with Gasteiger partial charge < -0.3 is 14.3 Å². The van der Waals surface area contributed by atoms with Crippen molar-refractivity contribution in [3.63, 3.8) is 0 Å². The third kappa shape index (κ3) is 4.37. The maximum atomic E-state index is 12.5. The summed E-state index contributed by atoms with van der Waals surface area (Å²) in [5, 5.41) is 7.10. The van der Waals surface area contributed by atoms with Crippen molar-refractivity contribution >= 4 is 11.0 Å². The summed E-state index contributed by atoms with van der Waals surface area (Å²) in [6.07, 6.45) is 6.67. The van der Waals surface area contributed by atoms with Crippen LogP contribution in [0.1, 0.15) is 30.9 Å². The van der Waals surface area contributed by atoms with Crippen LogP contribution in [0.15, 0.2) is 47.8 Å². The molecule has 0 aliphatic heterocycles. The maximum Gasteiger partial charge on any atom is 0.279 e. The van der Waals surface area contributed by atoms with Gasteiger partial charge in [-0.25, -0.2) is 9.97 Å². The van der Waals surface area contributed by atoms with Gasteiger partial charge >= 0.3 is 0 Å². The molecule has 4 rings (SSSR count). The van der Waals surface area contributed by atoms with E-state index in [1.165, 1.54) is 0 Å². The second-order valence-electron chi connectivity index (χ2n) is 7.44. The van der Waals surface area contributed by atoms with Crippen molar-refractivity contribution < 1.29 is 4.74 Å². The molecule has 3 heterocycles. The zero-order valence-corrected chi connectivity index (χ0v) is 16.6. The minimum absolute atomic E-state index is 0.227. The molecule has 2 N–H and O–H groups in total. The summed E-state index contributed by atoms with van der Waals surface area (Å²) >= 11 is 0. The fourth-order valence-corrected chi connectivity index (χ4v) is 3.29. The maximum absolute atomic E-state index is 12.5. The van der Waals surface area contributed by atoms with E-state index in [2.05, 4.69) is 39.0 Å². The molecule has 0 spiro atoms. The molecule has 0 saturated heterocycles. The van der Waals surface area contributed by atoms with Gasteiger partial charge in [0.2, 0.25) is 0 Å². The monoisotopic (exact) mass is 392 g/mol. The predicted octanol–water partition coefficient (Wildman–Crippen LogP) is 2.71. The number of H-pyrrole nitrogens is 2. The Hall–Kier alpha value is -3.42. The Kier molecular flexibility index (Phi) is 5.41. The molecule has 0 bridgehead atoms. The molecule has 0 unspecified atom stereocenters. The van der Waals surface area contributed by atoms with Gasteiger partial charge in [-0.15, -0.1) is 0 Å². The second-order valence-corrected chi connectivity index (χ2v) is 7.44. The number of hydrogen-bond donors (Lipinski definition) is 2. The SMILES string of the molecule is CC(C)Cc1[nH]nc2c(=O)[nH]c(Cc3ccccc3OCCn3ccnc3)nc12. The number of rotatable bonds is 8. The molecular formula is C21H24N6O2. The van der Waals surface area contributed by atoms with E-state index in [1.54, 1.807) is 12.5 Å².